The normalized spacial score (nSPS) is 13.0. The number of nitrogens with zero attached hydrogens (tertiary/aromatic N) is 3. The molecule has 0 radical (unpaired) electrons. The van der Waals surface area contributed by atoms with Gasteiger partial charge in [0.15, 0.2) is 0 Å². The van der Waals surface area contributed by atoms with Crippen LogP contribution in [0.5, 0.6) is 0 Å². The molecule has 7 aromatic rings. The highest BCUT2D eigenvalue weighted by atomic mass is 32.1. The summed E-state index contributed by atoms with van der Waals surface area (Å²) in [5.41, 5.74) is 12.0. The van der Waals surface area contributed by atoms with Crippen LogP contribution in [-0.4, -0.2) is 17.5 Å². The number of rotatable bonds is 10. The molecule has 282 valence electrons. The number of thiophene rings is 2. The second kappa shape index (κ2) is 15.1. The summed E-state index contributed by atoms with van der Waals surface area (Å²) in [5, 5.41) is 20.8. The van der Waals surface area contributed by atoms with Crippen molar-refractivity contribution in [1.82, 2.24) is 0 Å². The summed E-state index contributed by atoms with van der Waals surface area (Å²) < 4.78 is 4.77. The van der Waals surface area contributed by atoms with E-state index in [2.05, 4.69) is 128 Å². The molecule has 8 rings (SSSR count). The van der Waals surface area contributed by atoms with Gasteiger partial charge in [-0.25, -0.2) is 4.85 Å². The smallest absolute Gasteiger partial charge is 0.333 e. The van der Waals surface area contributed by atoms with Crippen LogP contribution in [-0.2, 0) is 19.7 Å². The number of carboxylic acids is 1. The van der Waals surface area contributed by atoms with Gasteiger partial charge in [-0.1, -0.05) is 74.0 Å². The summed E-state index contributed by atoms with van der Waals surface area (Å²) in [6.45, 7) is 16.2. The standard InChI is InChI=1S/C49H35N3O4S2/c1-29-6-17-41-42-18-15-37(24-44(42)49(3,4)43(41)20-29)52(35-12-9-31(10-13-35)46-19-16-39(57-46)25-38(27-50)56-28-53)36-14-11-32-22-34(8-7-33(32)23-36)47-30(2)21-40(58-47)26-45(51-5)48(54)55/h6-26,28H,1-4H3,(H,54,55)/b38-25+,45-26-. The third-order valence-electron chi connectivity index (χ3n) is 10.6. The Morgan fingerprint density at radius 2 is 1.43 bits per heavy atom. The molecule has 58 heavy (non-hydrogen) atoms. The molecular weight excluding hydrogens is 759 g/mol. The molecule has 1 aliphatic rings. The van der Waals surface area contributed by atoms with Gasteiger partial charge in [-0.05, 0) is 130 Å². The molecule has 0 saturated carbocycles. The average molecular weight is 794 g/mol. The number of aryl methyl sites for hydroxylation is 2. The van der Waals surface area contributed by atoms with Crippen molar-refractivity contribution in [3.63, 3.8) is 0 Å². The number of carbonyl (C=O) groups excluding carboxylic acids is 1. The molecule has 0 amide bonds. The summed E-state index contributed by atoms with van der Waals surface area (Å²) in [6, 6.07) is 42.5. The van der Waals surface area contributed by atoms with Crippen LogP contribution in [0.3, 0.4) is 0 Å². The molecule has 9 heteroatoms. The van der Waals surface area contributed by atoms with E-state index < -0.39 is 5.97 Å². The van der Waals surface area contributed by atoms with Gasteiger partial charge in [0.05, 0.1) is 6.57 Å². The molecule has 0 saturated heterocycles. The topological polar surface area (TPSA) is 95.0 Å². The minimum absolute atomic E-state index is 0.0611. The zero-order valence-corrected chi connectivity index (χ0v) is 33.7. The second-order valence-electron chi connectivity index (χ2n) is 14.7. The number of hydrogen-bond donors (Lipinski definition) is 1. The first-order chi connectivity index (χ1) is 28.0. The molecule has 0 aliphatic heterocycles. The third kappa shape index (κ3) is 6.99. The number of ether oxygens (including phenoxy) is 1. The second-order valence-corrected chi connectivity index (χ2v) is 16.9. The van der Waals surface area contributed by atoms with Gasteiger partial charge in [-0.15, -0.1) is 22.7 Å². The molecular formula is C49H35N3O4S2. The highest BCUT2D eigenvalue weighted by Gasteiger charge is 2.36. The Labute approximate surface area is 344 Å². The van der Waals surface area contributed by atoms with Gasteiger partial charge in [0.2, 0.25) is 5.76 Å². The molecule has 5 aromatic carbocycles. The fraction of sp³-hybridized carbons (Fsp3) is 0.102. The first kappa shape index (κ1) is 37.9. The van der Waals surface area contributed by atoms with E-state index in [0.29, 0.717) is 0 Å². The number of carbonyl (C=O) groups is 2. The molecule has 0 fully saturated rings. The van der Waals surface area contributed by atoms with Crippen molar-refractivity contribution in [2.75, 3.05) is 4.90 Å². The van der Waals surface area contributed by atoms with E-state index in [1.165, 1.54) is 56.6 Å². The first-order valence-electron chi connectivity index (χ1n) is 18.4. The lowest BCUT2D eigenvalue weighted by Crippen LogP contribution is -2.16. The van der Waals surface area contributed by atoms with Gasteiger partial charge < -0.3 is 14.7 Å². The Kier molecular flexibility index (Phi) is 9.88. The summed E-state index contributed by atoms with van der Waals surface area (Å²) >= 11 is 2.98. The van der Waals surface area contributed by atoms with Gasteiger partial charge in [-0.2, -0.15) is 5.26 Å². The zero-order chi connectivity index (χ0) is 40.7. The van der Waals surface area contributed by atoms with E-state index in [1.54, 1.807) is 6.08 Å². The number of carboxylic acid groups (broad SMARTS) is 1. The predicted octanol–water partition coefficient (Wildman–Crippen LogP) is 13.1. The first-order valence-corrected chi connectivity index (χ1v) is 20.1. The van der Waals surface area contributed by atoms with Gasteiger partial charge in [-0.3, -0.25) is 9.59 Å². The zero-order valence-electron chi connectivity index (χ0n) is 32.0. The Balaban J connectivity index is 1.19. The van der Waals surface area contributed by atoms with Crippen LogP contribution in [0.1, 0.15) is 45.9 Å². The van der Waals surface area contributed by atoms with Crippen LogP contribution >= 0.6 is 22.7 Å². The Morgan fingerprint density at radius 3 is 2.16 bits per heavy atom. The molecule has 2 aromatic heterocycles. The van der Waals surface area contributed by atoms with Crippen LogP contribution in [0.15, 0.2) is 127 Å². The molecule has 0 atom stereocenters. The van der Waals surface area contributed by atoms with Crippen molar-refractivity contribution >= 4 is 75.1 Å². The van der Waals surface area contributed by atoms with Crippen LogP contribution < -0.4 is 4.90 Å². The molecule has 1 N–H and O–H groups in total. The quantitative estimate of drug-likeness (QED) is 0.0487. The fourth-order valence-corrected chi connectivity index (χ4v) is 9.77. The van der Waals surface area contributed by atoms with Gasteiger partial charge in [0.1, 0.15) is 6.07 Å². The highest BCUT2D eigenvalue weighted by Crippen LogP contribution is 2.51. The van der Waals surface area contributed by atoms with Crippen LogP contribution in [0.25, 0.3) is 59.8 Å². The maximum absolute atomic E-state index is 11.5. The lowest BCUT2D eigenvalue weighted by molar-refractivity contribution is -0.132. The lowest BCUT2D eigenvalue weighted by Gasteiger charge is -2.28. The van der Waals surface area contributed by atoms with Crippen molar-refractivity contribution < 1.29 is 19.4 Å². The number of hydrogen-bond acceptors (Lipinski definition) is 7. The van der Waals surface area contributed by atoms with Crippen LogP contribution in [0.4, 0.5) is 17.1 Å². The average Bonchev–Trinajstić information content (AvgIpc) is 3.90. The number of anilines is 3. The minimum atomic E-state index is -1.23. The van der Waals surface area contributed by atoms with Crippen molar-refractivity contribution in [2.45, 2.75) is 33.1 Å². The number of aliphatic carboxylic acids is 1. The van der Waals surface area contributed by atoms with E-state index >= 15 is 0 Å². The molecule has 0 unspecified atom stereocenters. The summed E-state index contributed by atoms with van der Waals surface area (Å²) in [6.07, 6.45) is 2.99. The van der Waals surface area contributed by atoms with Crippen LogP contribution in [0.2, 0.25) is 0 Å². The predicted molar refractivity (Wildman–Crippen MR) is 235 cm³/mol. The fourth-order valence-electron chi connectivity index (χ4n) is 7.71. The number of allylic oxidation sites excluding steroid dienone is 1. The maximum Gasteiger partial charge on any atom is 0.333 e. The van der Waals surface area contributed by atoms with Gasteiger partial charge in [0, 0.05) is 48.1 Å². The highest BCUT2D eigenvalue weighted by molar-refractivity contribution is 7.16. The Bertz CT molecular complexity index is 2950. The molecule has 0 spiro atoms. The van der Waals surface area contributed by atoms with E-state index in [-0.39, 0.29) is 23.3 Å². The number of fused-ring (bicyclic) bond motifs is 4. The third-order valence-corrected chi connectivity index (χ3v) is 12.9. The van der Waals surface area contributed by atoms with E-state index in [9.17, 15) is 20.0 Å². The Hall–Kier alpha value is -7.04. The minimum Gasteiger partial charge on any atom is -0.486 e. The molecule has 2 heterocycles. The molecule has 1 aliphatic carbocycles. The summed E-state index contributed by atoms with van der Waals surface area (Å²) in [5.74, 6) is -1.30. The van der Waals surface area contributed by atoms with Crippen LogP contribution in [0, 0.1) is 31.8 Å². The van der Waals surface area contributed by atoms with E-state index in [1.807, 2.05) is 31.2 Å². The molecule has 0 bridgehead atoms. The van der Waals surface area contributed by atoms with Crippen molar-refractivity contribution in [1.29, 1.82) is 5.26 Å². The lowest BCUT2D eigenvalue weighted by atomic mass is 9.82. The van der Waals surface area contributed by atoms with Gasteiger partial charge >= 0.3 is 5.97 Å². The largest absolute Gasteiger partial charge is 0.486 e. The van der Waals surface area contributed by atoms with E-state index in [0.717, 1.165) is 64.0 Å². The van der Waals surface area contributed by atoms with Crippen molar-refractivity contribution in [3.05, 3.63) is 170 Å². The van der Waals surface area contributed by atoms with Crippen molar-refractivity contribution in [2.24, 2.45) is 0 Å². The summed E-state index contributed by atoms with van der Waals surface area (Å²) in [7, 11) is 0. The number of nitriles is 1. The van der Waals surface area contributed by atoms with Crippen molar-refractivity contribution in [3.8, 4) is 38.1 Å². The van der Waals surface area contributed by atoms with Gasteiger partial charge in [0.25, 0.3) is 12.2 Å². The van der Waals surface area contributed by atoms with E-state index in [4.69, 9.17) is 11.3 Å². The molecule has 7 nitrogen and oxygen atoms in total. The number of benzene rings is 5. The summed E-state index contributed by atoms with van der Waals surface area (Å²) in [4.78, 5) is 31.3. The SMILES string of the molecule is [C-]#[N+]/C(=C\c1cc(C)c(-c2ccc3cc(N(c4ccc(-c5ccc(/C=C(\C#N)OC=O)s5)cc4)c4ccc5c(c4)C(C)(C)c4cc(C)ccc4-5)ccc3c2)s1)C(=O)O. The maximum atomic E-state index is 11.5. The Morgan fingerprint density at radius 1 is 0.776 bits per heavy atom. The monoisotopic (exact) mass is 793 g/mol.